The van der Waals surface area contributed by atoms with Crippen LogP contribution in [0.5, 0.6) is 0 Å². The second-order valence-corrected chi connectivity index (χ2v) is 5.29. The summed E-state index contributed by atoms with van der Waals surface area (Å²) in [6.45, 7) is 7.58. The first kappa shape index (κ1) is 15.8. The highest BCUT2D eigenvalue weighted by Crippen LogP contribution is 2.16. The average molecular weight is 309 g/mol. The zero-order valence-electron chi connectivity index (χ0n) is 12.8. The summed E-state index contributed by atoms with van der Waals surface area (Å²) in [5.41, 5.74) is 2.49. The van der Waals surface area contributed by atoms with Gasteiger partial charge in [-0.25, -0.2) is 9.97 Å². The Morgan fingerprint density at radius 3 is 2.62 bits per heavy atom. The summed E-state index contributed by atoms with van der Waals surface area (Å²) in [5, 5.41) is 0. The summed E-state index contributed by atoms with van der Waals surface area (Å²) in [7, 11) is 0. The Morgan fingerprint density at radius 1 is 1.29 bits per heavy atom. The van der Waals surface area contributed by atoms with Gasteiger partial charge in [-0.05, 0) is 32.9 Å². The Balaban J connectivity index is 2.42. The molecule has 0 radical (unpaired) electrons. The number of aryl methyl sites for hydroxylation is 2. The van der Waals surface area contributed by atoms with Crippen molar-refractivity contribution in [3.63, 3.8) is 0 Å². The van der Waals surface area contributed by atoms with Crippen molar-refractivity contribution in [2.75, 3.05) is 19.0 Å². The summed E-state index contributed by atoms with van der Waals surface area (Å²) in [6, 6.07) is 3.87. The fourth-order valence-corrected chi connectivity index (χ4v) is 2.57. The number of imidazole rings is 1. The van der Waals surface area contributed by atoms with E-state index in [2.05, 4.69) is 9.97 Å². The maximum atomic E-state index is 12.4. The van der Waals surface area contributed by atoms with E-state index in [9.17, 15) is 4.79 Å². The molecule has 2 aromatic heterocycles. The maximum Gasteiger partial charge on any atom is 0.242 e. The van der Waals surface area contributed by atoms with Crippen LogP contribution < -0.4 is 0 Å². The van der Waals surface area contributed by atoms with Crippen LogP contribution in [0.15, 0.2) is 12.1 Å². The van der Waals surface area contributed by atoms with Crippen LogP contribution in [0.1, 0.15) is 25.4 Å². The van der Waals surface area contributed by atoms with Crippen LogP contribution in [0.4, 0.5) is 0 Å². The first-order valence-electron chi connectivity index (χ1n) is 7.27. The van der Waals surface area contributed by atoms with Crippen LogP contribution in [-0.4, -0.2) is 44.3 Å². The molecular weight excluding hydrogens is 288 g/mol. The van der Waals surface area contributed by atoms with Gasteiger partial charge >= 0.3 is 0 Å². The monoisotopic (exact) mass is 308 g/mol. The van der Waals surface area contributed by atoms with E-state index >= 15 is 0 Å². The first-order chi connectivity index (χ1) is 10.1. The minimum Gasteiger partial charge on any atom is -0.342 e. The number of hydrogen-bond donors (Lipinski definition) is 0. The molecule has 0 aliphatic carbocycles. The Hall–Kier alpha value is -1.62. The number of pyridine rings is 1. The van der Waals surface area contributed by atoms with Gasteiger partial charge in [0, 0.05) is 31.1 Å². The van der Waals surface area contributed by atoms with Gasteiger partial charge in [-0.15, -0.1) is 11.6 Å². The number of hydrogen-bond acceptors (Lipinski definition) is 3. The van der Waals surface area contributed by atoms with Gasteiger partial charge in [0.15, 0.2) is 5.65 Å². The fraction of sp³-hybridized carbons (Fsp3) is 0.533. The number of fused-ring (bicyclic) bond motifs is 1. The van der Waals surface area contributed by atoms with E-state index in [0.29, 0.717) is 25.4 Å². The van der Waals surface area contributed by atoms with E-state index < -0.39 is 0 Å². The molecule has 0 bridgehead atoms. The Morgan fingerprint density at radius 2 is 2.00 bits per heavy atom. The molecule has 2 heterocycles. The number of halogens is 1. The first-order valence-corrected chi connectivity index (χ1v) is 7.80. The molecule has 114 valence electrons. The van der Waals surface area contributed by atoms with Gasteiger partial charge in [-0.1, -0.05) is 0 Å². The predicted molar refractivity (Wildman–Crippen MR) is 84.6 cm³/mol. The topological polar surface area (TPSA) is 51.0 Å². The molecule has 0 N–H and O–H groups in total. The van der Waals surface area contributed by atoms with Gasteiger partial charge in [0.2, 0.25) is 5.91 Å². The lowest BCUT2D eigenvalue weighted by Crippen LogP contribution is -2.33. The van der Waals surface area contributed by atoms with Crippen LogP contribution in [0.3, 0.4) is 0 Å². The number of likely N-dealkylation sites (N-methyl/N-ethyl adjacent to an activating group) is 1. The zero-order valence-corrected chi connectivity index (χ0v) is 13.5. The van der Waals surface area contributed by atoms with Crippen molar-refractivity contribution >= 4 is 28.7 Å². The average Bonchev–Trinajstić information content (AvgIpc) is 2.78. The second kappa shape index (κ2) is 6.89. The largest absolute Gasteiger partial charge is 0.342 e. The van der Waals surface area contributed by atoms with Crippen molar-refractivity contribution in [2.45, 2.75) is 33.7 Å². The molecule has 2 aromatic rings. The summed E-state index contributed by atoms with van der Waals surface area (Å²) in [4.78, 5) is 23.3. The molecule has 0 aromatic carbocycles. The lowest BCUT2D eigenvalue weighted by Gasteiger charge is -2.19. The number of rotatable bonds is 6. The van der Waals surface area contributed by atoms with E-state index in [1.165, 1.54) is 0 Å². The Labute approximate surface area is 129 Å². The van der Waals surface area contributed by atoms with E-state index in [1.54, 1.807) is 0 Å². The van der Waals surface area contributed by atoms with Crippen molar-refractivity contribution in [3.8, 4) is 0 Å². The van der Waals surface area contributed by atoms with Crippen molar-refractivity contribution < 1.29 is 4.79 Å². The molecular formula is C15H21ClN4O. The summed E-state index contributed by atoms with van der Waals surface area (Å²) in [5.74, 6) is 1.37. The smallest absolute Gasteiger partial charge is 0.242 e. The number of aromatic nitrogens is 3. The number of alkyl halides is 1. The third kappa shape index (κ3) is 3.35. The maximum absolute atomic E-state index is 12.4. The molecule has 0 fully saturated rings. The van der Waals surface area contributed by atoms with E-state index in [0.717, 1.165) is 22.7 Å². The highest BCUT2D eigenvalue weighted by Gasteiger charge is 2.17. The minimum atomic E-state index is 0.0819. The second-order valence-electron chi connectivity index (χ2n) is 4.91. The summed E-state index contributed by atoms with van der Waals surface area (Å²) >= 11 is 5.85. The van der Waals surface area contributed by atoms with E-state index in [4.69, 9.17) is 11.6 Å². The molecule has 0 spiro atoms. The molecule has 0 atom stereocenters. The molecule has 0 saturated carbocycles. The molecule has 21 heavy (non-hydrogen) atoms. The van der Waals surface area contributed by atoms with Crippen LogP contribution >= 0.6 is 11.6 Å². The molecule has 0 aliphatic heterocycles. The van der Waals surface area contributed by atoms with Crippen molar-refractivity contribution in [2.24, 2.45) is 0 Å². The number of nitrogens with zero attached hydrogens (tertiary/aromatic N) is 4. The van der Waals surface area contributed by atoms with Gasteiger partial charge in [-0.2, -0.15) is 0 Å². The lowest BCUT2D eigenvalue weighted by molar-refractivity contribution is -0.131. The standard InChI is InChI=1S/C15H21ClN4O/c1-4-19(5-2)14(21)10-20-13(8-9-16)18-12-7-6-11(3)17-15(12)20/h6-7H,4-5,8-10H2,1-3H3. The molecule has 6 heteroatoms. The Kier molecular flexibility index (Phi) is 5.17. The third-order valence-electron chi connectivity index (χ3n) is 3.54. The highest BCUT2D eigenvalue weighted by atomic mass is 35.5. The molecule has 0 aliphatic rings. The van der Waals surface area contributed by atoms with Gasteiger partial charge in [0.25, 0.3) is 0 Å². The summed E-state index contributed by atoms with van der Waals surface area (Å²) in [6.07, 6.45) is 0.627. The minimum absolute atomic E-state index is 0.0819. The van der Waals surface area contributed by atoms with Crippen molar-refractivity contribution in [1.82, 2.24) is 19.4 Å². The highest BCUT2D eigenvalue weighted by molar-refractivity contribution is 6.17. The normalized spacial score (nSPS) is 11.0. The van der Waals surface area contributed by atoms with Gasteiger partial charge in [0.05, 0.1) is 0 Å². The predicted octanol–water partition coefficient (Wildman–Crippen LogP) is 2.39. The van der Waals surface area contributed by atoms with Gasteiger partial charge < -0.3 is 9.47 Å². The van der Waals surface area contributed by atoms with Crippen molar-refractivity contribution in [1.29, 1.82) is 0 Å². The number of carbonyl (C=O) groups is 1. The molecule has 0 unspecified atom stereocenters. The quantitative estimate of drug-likeness (QED) is 0.770. The molecule has 1 amide bonds. The lowest BCUT2D eigenvalue weighted by atomic mass is 10.3. The molecule has 0 saturated heterocycles. The SMILES string of the molecule is CCN(CC)C(=O)Cn1c(CCCl)nc2ccc(C)nc21. The van der Waals surface area contributed by atoms with Crippen molar-refractivity contribution in [3.05, 3.63) is 23.7 Å². The third-order valence-corrected chi connectivity index (χ3v) is 3.73. The van der Waals surface area contributed by atoms with Gasteiger partial charge in [-0.3, -0.25) is 4.79 Å². The number of amides is 1. The van der Waals surface area contributed by atoms with Gasteiger partial charge in [0.1, 0.15) is 17.9 Å². The van der Waals surface area contributed by atoms with Crippen LogP contribution in [0.25, 0.3) is 11.2 Å². The van der Waals surface area contributed by atoms with Crippen LogP contribution in [0.2, 0.25) is 0 Å². The Bertz CT molecular complexity index is 634. The molecule has 5 nitrogen and oxygen atoms in total. The van der Waals surface area contributed by atoms with E-state index in [-0.39, 0.29) is 12.5 Å². The van der Waals surface area contributed by atoms with Crippen LogP contribution in [0, 0.1) is 6.92 Å². The molecule has 2 rings (SSSR count). The fourth-order valence-electron chi connectivity index (χ4n) is 2.40. The van der Waals surface area contributed by atoms with Crippen LogP contribution in [-0.2, 0) is 17.8 Å². The summed E-state index contributed by atoms with van der Waals surface area (Å²) < 4.78 is 1.89. The van der Waals surface area contributed by atoms with E-state index in [1.807, 2.05) is 42.4 Å². The number of carbonyl (C=O) groups excluding carboxylic acids is 1. The zero-order chi connectivity index (χ0) is 15.4.